The lowest BCUT2D eigenvalue weighted by Gasteiger charge is -2.34. The zero-order valence-corrected chi connectivity index (χ0v) is 13.7. The molecule has 0 saturated carbocycles. The van der Waals surface area contributed by atoms with E-state index >= 15 is 0 Å². The molecule has 5 heteroatoms. The van der Waals surface area contributed by atoms with E-state index in [1.807, 2.05) is 49.4 Å². The van der Waals surface area contributed by atoms with Crippen LogP contribution in [0.2, 0.25) is 0 Å². The van der Waals surface area contributed by atoms with E-state index in [1.165, 1.54) is 7.11 Å². The van der Waals surface area contributed by atoms with Crippen LogP contribution < -0.4 is 9.64 Å². The molecule has 0 saturated heterocycles. The number of aryl methyl sites for hydroxylation is 1. The predicted molar refractivity (Wildman–Crippen MR) is 89.9 cm³/mol. The van der Waals surface area contributed by atoms with Crippen molar-refractivity contribution in [1.29, 1.82) is 0 Å². The largest absolute Gasteiger partial charge is 0.478 e. The van der Waals surface area contributed by atoms with Crippen LogP contribution >= 0.6 is 0 Å². The first kappa shape index (κ1) is 16.1. The highest BCUT2D eigenvalue weighted by molar-refractivity contribution is 6.01. The highest BCUT2D eigenvalue weighted by Crippen LogP contribution is 2.35. The average molecular weight is 325 g/mol. The van der Waals surface area contributed by atoms with Gasteiger partial charge in [-0.3, -0.25) is 9.59 Å². The van der Waals surface area contributed by atoms with E-state index in [0.717, 1.165) is 11.1 Å². The zero-order valence-electron chi connectivity index (χ0n) is 13.7. The first-order valence-corrected chi connectivity index (χ1v) is 7.78. The molecule has 1 aliphatic heterocycles. The summed E-state index contributed by atoms with van der Waals surface area (Å²) in [6, 6.07) is 15.4. The number of para-hydroxylation sites is 2. The summed E-state index contributed by atoms with van der Waals surface area (Å²) in [4.78, 5) is 26.0. The number of hydrogen-bond donors (Lipinski definition) is 0. The van der Waals surface area contributed by atoms with Crippen LogP contribution in [0.1, 0.15) is 17.5 Å². The number of ether oxygens (including phenoxy) is 2. The zero-order chi connectivity index (χ0) is 17.1. The molecule has 0 N–H and O–H groups in total. The Morgan fingerprint density at radius 1 is 1.17 bits per heavy atom. The van der Waals surface area contributed by atoms with Gasteiger partial charge in [-0.05, 0) is 24.6 Å². The Labute approximate surface area is 140 Å². The molecule has 0 fully saturated rings. The summed E-state index contributed by atoms with van der Waals surface area (Å²) in [5, 5.41) is 0. The number of benzene rings is 2. The Kier molecular flexibility index (Phi) is 4.51. The molecule has 0 aromatic heterocycles. The molecular weight excluding hydrogens is 306 g/mol. The van der Waals surface area contributed by atoms with E-state index in [0.29, 0.717) is 18.0 Å². The fourth-order valence-corrected chi connectivity index (χ4v) is 2.68. The van der Waals surface area contributed by atoms with Gasteiger partial charge in [0, 0.05) is 0 Å². The molecule has 1 heterocycles. The van der Waals surface area contributed by atoms with Gasteiger partial charge in [0.1, 0.15) is 5.75 Å². The number of nitrogens with zero attached hydrogens (tertiary/aromatic N) is 1. The Hall–Kier alpha value is -2.82. The number of esters is 1. The molecule has 1 aliphatic rings. The highest BCUT2D eigenvalue weighted by atomic mass is 16.5. The molecule has 0 aliphatic carbocycles. The molecule has 2 aromatic carbocycles. The second kappa shape index (κ2) is 6.74. The molecule has 3 rings (SSSR count). The summed E-state index contributed by atoms with van der Waals surface area (Å²) < 4.78 is 10.4. The molecular formula is C19H19NO4. The van der Waals surface area contributed by atoms with Crippen LogP contribution in [0.3, 0.4) is 0 Å². The molecule has 0 spiro atoms. The topological polar surface area (TPSA) is 55.8 Å². The third kappa shape index (κ3) is 3.25. The molecule has 0 radical (unpaired) electrons. The van der Waals surface area contributed by atoms with Crippen LogP contribution in [0.25, 0.3) is 0 Å². The molecule has 124 valence electrons. The van der Waals surface area contributed by atoms with Crippen LogP contribution in [0, 0.1) is 6.92 Å². The second-order valence-electron chi connectivity index (χ2n) is 5.76. The van der Waals surface area contributed by atoms with E-state index in [1.54, 1.807) is 11.0 Å². The van der Waals surface area contributed by atoms with Gasteiger partial charge in [0.25, 0.3) is 5.91 Å². The van der Waals surface area contributed by atoms with Crippen LogP contribution in [-0.2, 0) is 20.9 Å². The number of anilines is 1. The van der Waals surface area contributed by atoms with Crippen LogP contribution in [0.5, 0.6) is 5.75 Å². The maximum Gasteiger partial charge on any atom is 0.309 e. The number of carbonyl (C=O) groups excluding carboxylic acids is 2. The Morgan fingerprint density at radius 2 is 1.88 bits per heavy atom. The van der Waals surface area contributed by atoms with Crippen LogP contribution in [0.4, 0.5) is 5.69 Å². The average Bonchev–Trinajstić information content (AvgIpc) is 2.60. The summed E-state index contributed by atoms with van der Waals surface area (Å²) in [5.41, 5.74) is 2.89. The molecule has 5 nitrogen and oxygen atoms in total. The number of carbonyl (C=O) groups is 2. The van der Waals surface area contributed by atoms with Crippen molar-refractivity contribution in [2.45, 2.75) is 26.0 Å². The lowest BCUT2D eigenvalue weighted by molar-refractivity contribution is -0.145. The summed E-state index contributed by atoms with van der Waals surface area (Å²) in [6.07, 6.45) is -0.966. The number of rotatable bonds is 4. The molecule has 24 heavy (non-hydrogen) atoms. The van der Waals surface area contributed by atoms with Gasteiger partial charge in [-0.25, -0.2) is 0 Å². The first-order chi connectivity index (χ1) is 11.6. The molecule has 2 aromatic rings. The standard InChI is InChI=1S/C19H19NO4/c1-13-7-9-14(10-8-13)12-20-15-5-3-4-6-16(15)24-17(19(20)22)11-18(21)23-2/h3-10,17H,11-12H2,1-2H3. The van der Waals surface area contributed by atoms with Gasteiger partial charge in [0.05, 0.1) is 25.8 Å². The number of hydrogen-bond acceptors (Lipinski definition) is 4. The maximum absolute atomic E-state index is 12.8. The Morgan fingerprint density at radius 3 is 2.58 bits per heavy atom. The smallest absolute Gasteiger partial charge is 0.309 e. The molecule has 1 unspecified atom stereocenters. The SMILES string of the molecule is COC(=O)CC1Oc2ccccc2N(Cc2ccc(C)cc2)C1=O. The number of methoxy groups -OCH3 is 1. The van der Waals surface area contributed by atoms with Crippen molar-refractivity contribution < 1.29 is 19.1 Å². The van der Waals surface area contributed by atoms with Gasteiger partial charge in [-0.15, -0.1) is 0 Å². The van der Waals surface area contributed by atoms with Crippen molar-refractivity contribution >= 4 is 17.6 Å². The van der Waals surface area contributed by atoms with Crippen molar-refractivity contribution in [1.82, 2.24) is 0 Å². The van der Waals surface area contributed by atoms with Gasteiger partial charge in [-0.1, -0.05) is 42.0 Å². The lowest BCUT2D eigenvalue weighted by Crippen LogP contribution is -2.46. The van der Waals surface area contributed by atoms with Crippen LogP contribution in [0.15, 0.2) is 48.5 Å². The summed E-state index contributed by atoms with van der Waals surface area (Å²) >= 11 is 0. The lowest BCUT2D eigenvalue weighted by atomic mass is 10.1. The highest BCUT2D eigenvalue weighted by Gasteiger charge is 2.35. The fourth-order valence-electron chi connectivity index (χ4n) is 2.68. The number of fused-ring (bicyclic) bond motifs is 1. The quantitative estimate of drug-likeness (QED) is 0.811. The van der Waals surface area contributed by atoms with Gasteiger partial charge in [0.15, 0.2) is 6.10 Å². The second-order valence-corrected chi connectivity index (χ2v) is 5.76. The normalized spacial score (nSPS) is 16.3. The van der Waals surface area contributed by atoms with Gasteiger partial charge < -0.3 is 14.4 Å². The minimum Gasteiger partial charge on any atom is -0.478 e. The molecule has 0 bridgehead atoms. The fraction of sp³-hybridized carbons (Fsp3) is 0.263. The summed E-state index contributed by atoms with van der Waals surface area (Å²) in [5.74, 6) is -0.110. The van der Waals surface area contributed by atoms with E-state index in [2.05, 4.69) is 4.74 Å². The van der Waals surface area contributed by atoms with E-state index in [4.69, 9.17) is 4.74 Å². The van der Waals surface area contributed by atoms with Crippen molar-refractivity contribution in [2.24, 2.45) is 0 Å². The van der Waals surface area contributed by atoms with Crippen molar-refractivity contribution in [3.8, 4) is 5.75 Å². The van der Waals surface area contributed by atoms with Crippen molar-refractivity contribution in [3.63, 3.8) is 0 Å². The monoisotopic (exact) mass is 325 g/mol. The molecule has 1 atom stereocenters. The Balaban J connectivity index is 1.91. The third-order valence-electron chi connectivity index (χ3n) is 4.01. The van der Waals surface area contributed by atoms with Crippen molar-refractivity contribution in [3.05, 3.63) is 59.7 Å². The summed E-state index contributed by atoms with van der Waals surface area (Å²) in [6.45, 7) is 2.45. The summed E-state index contributed by atoms with van der Waals surface area (Å²) in [7, 11) is 1.30. The van der Waals surface area contributed by atoms with E-state index in [9.17, 15) is 9.59 Å². The van der Waals surface area contributed by atoms with Gasteiger partial charge in [0.2, 0.25) is 0 Å². The van der Waals surface area contributed by atoms with Gasteiger partial charge >= 0.3 is 5.97 Å². The molecule has 1 amide bonds. The van der Waals surface area contributed by atoms with E-state index < -0.39 is 12.1 Å². The number of amides is 1. The predicted octanol–water partition coefficient (Wildman–Crippen LogP) is 2.85. The van der Waals surface area contributed by atoms with Crippen molar-refractivity contribution in [2.75, 3.05) is 12.0 Å². The minimum absolute atomic E-state index is 0.103. The first-order valence-electron chi connectivity index (χ1n) is 7.78. The Bertz CT molecular complexity index is 754. The third-order valence-corrected chi connectivity index (χ3v) is 4.01. The maximum atomic E-state index is 12.8. The minimum atomic E-state index is -0.863. The van der Waals surface area contributed by atoms with E-state index in [-0.39, 0.29) is 12.3 Å². The van der Waals surface area contributed by atoms with Crippen LogP contribution in [-0.4, -0.2) is 25.1 Å². The van der Waals surface area contributed by atoms with Gasteiger partial charge in [-0.2, -0.15) is 0 Å².